The van der Waals surface area contributed by atoms with Crippen molar-refractivity contribution in [2.24, 2.45) is 7.05 Å². The largest absolute Gasteiger partial charge is 0.466 e. The molecule has 1 aliphatic rings. The normalized spacial score (nSPS) is 15.8. The van der Waals surface area contributed by atoms with E-state index >= 15 is 0 Å². The lowest BCUT2D eigenvalue weighted by Gasteiger charge is -2.28. The fourth-order valence-corrected chi connectivity index (χ4v) is 3.71. The lowest BCUT2D eigenvalue weighted by Crippen LogP contribution is -2.24. The number of aromatic nitrogens is 2. The van der Waals surface area contributed by atoms with E-state index in [4.69, 9.17) is 4.74 Å². The molecule has 0 saturated carbocycles. The Kier molecular flexibility index (Phi) is 5.48. The van der Waals surface area contributed by atoms with Crippen molar-refractivity contribution < 1.29 is 14.5 Å². The first kappa shape index (κ1) is 19.6. The van der Waals surface area contributed by atoms with Crippen molar-refractivity contribution in [3.05, 3.63) is 62.5 Å². The number of methoxy groups -OCH3 is 1. The van der Waals surface area contributed by atoms with Crippen LogP contribution in [0.5, 0.6) is 0 Å². The highest BCUT2D eigenvalue weighted by atomic mass is 16.6. The molecule has 0 spiro atoms. The van der Waals surface area contributed by atoms with E-state index in [1.165, 1.54) is 19.2 Å². The molecule has 1 aromatic carbocycles. The lowest BCUT2D eigenvalue weighted by atomic mass is 9.80. The molecule has 1 aliphatic heterocycles. The van der Waals surface area contributed by atoms with Crippen molar-refractivity contribution in [3.63, 3.8) is 0 Å². The van der Waals surface area contributed by atoms with Crippen LogP contribution in [0.3, 0.4) is 0 Å². The molecule has 0 amide bonds. The zero-order valence-electron chi connectivity index (χ0n) is 16.5. The van der Waals surface area contributed by atoms with E-state index in [2.05, 4.69) is 17.3 Å². The molecule has 2 aromatic rings. The molecule has 1 unspecified atom stereocenters. The summed E-state index contributed by atoms with van der Waals surface area (Å²) in [5.41, 5.74) is 3.52. The van der Waals surface area contributed by atoms with Gasteiger partial charge in [0.15, 0.2) is 0 Å². The SMILES string of the molecule is CCCCc1nn(C)c2c1C(c1cccc([N+](=O)[O-])c1)C(C(=O)OC)=C(C)N2. The average molecular weight is 384 g/mol. The van der Waals surface area contributed by atoms with Crippen LogP contribution in [0, 0.1) is 10.1 Å². The molecule has 0 fully saturated rings. The second-order valence-corrected chi connectivity index (χ2v) is 6.88. The molecular weight excluding hydrogens is 360 g/mol. The van der Waals surface area contributed by atoms with Gasteiger partial charge in [-0.3, -0.25) is 14.8 Å². The van der Waals surface area contributed by atoms with Gasteiger partial charge in [-0.1, -0.05) is 25.5 Å². The van der Waals surface area contributed by atoms with Crippen LogP contribution in [-0.4, -0.2) is 27.8 Å². The number of nitro benzene ring substituents is 1. The average Bonchev–Trinajstić information content (AvgIpc) is 3.00. The van der Waals surface area contributed by atoms with E-state index in [0.29, 0.717) is 16.8 Å². The highest BCUT2D eigenvalue weighted by Gasteiger charge is 2.37. The Balaban J connectivity index is 2.25. The second-order valence-electron chi connectivity index (χ2n) is 6.88. The number of hydrogen-bond acceptors (Lipinski definition) is 6. The predicted molar refractivity (Wildman–Crippen MR) is 105 cm³/mol. The molecule has 2 heterocycles. The van der Waals surface area contributed by atoms with Gasteiger partial charge in [0.2, 0.25) is 0 Å². The summed E-state index contributed by atoms with van der Waals surface area (Å²) >= 11 is 0. The van der Waals surface area contributed by atoms with Crippen LogP contribution in [-0.2, 0) is 23.0 Å². The van der Waals surface area contributed by atoms with Crippen molar-refractivity contribution in [1.82, 2.24) is 9.78 Å². The number of carbonyl (C=O) groups excluding carboxylic acids is 1. The first-order chi connectivity index (χ1) is 13.4. The summed E-state index contributed by atoms with van der Waals surface area (Å²) in [6.45, 7) is 3.91. The summed E-state index contributed by atoms with van der Waals surface area (Å²) in [5.74, 6) is -0.144. The van der Waals surface area contributed by atoms with Gasteiger partial charge in [-0.2, -0.15) is 5.10 Å². The predicted octanol–water partition coefficient (Wildman–Crippen LogP) is 3.68. The molecule has 3 rings (SSSR count). The lowest BCUT2D eigenvalue weighted by molar-refractivity contribution is -0.384. The van der Waals surface area contributed by atoms with E-state index in [9.17, 15) is 14.9 Å². The third-order valence-corrected chi connectivity index (χ3v) is 5.03. The number of nitro groups is 1. The number of rotatable bonds is 6. The van der Waals surface area contributed by atoms with Gasteiger partial charge in [0, 0.05) is 36.4 Å². The molecule has 8 nitrogen and oxygen atoms in total. The van der Waals surface area contributed by atoms with Crippen LogP contribution < -0.4 is 5.32 Å². The summed E-state index contributed by atoms with van der Waals surface area (Å²) in [6, 6.07) is 6.41. The van der Waals surface area contributed by atoms with Gasteiger partial charge in [0.25, 0.3) is 5.69 Å². The number of allylic oxidation sites excluding steroid dienone is 1. The number of ether oxygens (including phenoxy) is 1. The Morgan fingerprint density at radius 2 is 2.18 bits per heavy atom. The number of aryl methyl sites for hydroxylation is 2. The van der Waals surface area contributed by atoms with Crippen molar-refractivity contribution in [1.29, 1.82) is 0 Å². The standard InChI is InChI=1S/C20H24N4O4/c1-5-6-10-15-18-17(13-8-7-9-14(11-13)24(26)27)16(20(25)28-4)12(2)21-19(18)23(3)22-15/h7-9,11,17,21H,5-6,10H2,1-4H3. The number of nitrogens with one attached hydrogen (secondary N) is 1. The Labute approximate surface area is 163 Å². The number of non-ortho nitro benzene ring substituents is 1. The summed E-state index contributed by atoms with van der Waals surface area (Å²) in [7, 11) is 3.19. The minimum absolute atomic E-state index is 0.0153. The zero-order chi connectivity index (χ0) is 20.4. The molecule has 148 valence electrons. The van der Waals surface area contributed by atoms with Crippen LogP contribution in [0.15, 0.2) is 35.5 Å². The fourth-order valence-electron chi connectivity index (χ4n) is 3.71. The second kappa shape index (κ2) is 7.84. The van der Waals surface area contributed by atoms with Gasteiger partial charge < -0.3 is 10.1 Å². The van der Waals surface area contributed by atoms with E-state index in [1.807, 2.05) is 7.05 Å². The maximum atomic E-state index is 12.6. The van der Waals surface area contributed by atoms with Gasteiger partial charge in [-0.25, -0.2) is 4.79 Å². The summed E-state index contributed by atoms with van der Waals surface area (Å²) < 4.78 is 6.80. The third kappa shape index (κ3) is 3.37. The van der Waals surface area contributed by atoms with Crippen LogP contribution in [0.25, 0.3) is 0 Å². The Bertz CT molecular complexity index is 961. The monoisotopic (exact) mass is 384 g/mol. The molecule has 28 heavy (non-hydrogen) atoms. The Morgan fingerprint density at radius 1 is 1.43 bits per heavy atom. The first-order valence-corrected chi connectivity index (χ1v) is 9.25. The maximum Gasteiger partial charge on any atom is 0.336 e. The number of nitrogens with zero attached hydrogens (tertiary/aromatic N) is 3. The van der Waals surface area contributed by atoms with Crippen molar-refractivity contribution in [2.45, 2.75) is 39.0 Å². The van der Waals surface area contributed by atoms with Crippen LogP contribution in [0.4, 0.5) is 11.5 Å². The van der Waals surface area contributed by atoms with Gasteiger partial charge >= 0.3 is 5.97 Å². The summed E-state index contributed by atoms with van der Waals surface area (Å²) in [5, 5.41) is 19.2. The Morgan fingerprint density at radius 3 is 2.82 bits per heavy atom. The molecule has 0 aliphatic carbocycles. The number of esters is 1. The molecule has 8 heteroatoms. The Hall–Kier alpha value is -3.16. The molecule has 1 aromatic heterocycles. The fraction of sp³-hybridized carbons (Fsp3) is 0.400. The summed E-state index contributed by atoms with van der Waals surface area (Å²) in [4.78, 5) is 23.5. The number of benzene rings is 1. The van der Waals surface area contributed by atoms with Gasteiger partial charge in [0.05, 0.1) is 23.3 Å². The minimum Gasteiger partial charge on any atom is -0.466 e. The minimum atomic E-state index is -0.482. The summed E-state index contributed by atoms with van der Waals surface area (Å²) in [6.07, 6.45) is 2.74. The van der Waals surface area contributed by atoms with E-state index in [1.54, 1.807) is 23.7 Å². The molecule has 0 bridgehead atoms. The third-order valence-electron chi connectivity index (χ3n) is 5.03. The van der Waals surface area contributed by atoms with Gasteiger partial charge in [-0.15, -0.1) is 0 Å². The van der Waals surface area contributed by atoms with Crippen LogP contribution in [0.1, 0.15) is 49.4 Å². The van der Waals surface area contributed by atoms with Gasteiger partial charge in [0.1, 0.15) is 5.82 Å². The number of unbranched alkanes of at least 4 members (excludes halogenated alkanes) is 1. The van der Waals surface area contributed by atoms with E-state index < -0.39 is 16.8 Å². The van der Waals surface area contributed by atoms with E-state index in [-0.39, 0.29) is 5.69 Å². The van der Waals surface area contributed by atoms with Crippen molar-refractivity contribution >= 4 is 17.5 Å². The molecule has 0 radical (unpaired) electrons. The van der Waals surface area contributed by atoms with Gasteiger partial charge in [-0.05, 0) is 25.3 Å². The first-order valence-electron chi connectivity index (χ1n) is 9.25. The maximum absolute atomic E-state index is 12.6. The topological polar surface area (TPSA) is 99.3 Å². The van der Waals surface area contributed by atoms with Crippen molar-refractivity contribution in [3.8, 4) is 0 Å². The number of fused-ring (bicyclic) bond motifs is 1. The molecular formula is C20H24N4O4. The molecule has 0 saturated heterocycles. The highest BCUT2D eigenvalue weighted by Crippen LogP contribution is 2.44. The molecule has 1 N–H and O–H groups in total. The number of anilines is 1. The van der Waals surface area contributed by atoms with E-state index in [0.717, 1.165) is 36.3 Å². The number of carbonyl (C=O) groups is 1. The highest BCUT2D eigenvalue weighted by molar-refractivity contribution is 5.94. The number of hydrogen-bond donors (Lipinski definition) is 1. The smallest absolute Gasteiger partial charge is 0.336 e. The van der Waals surface area contributed by atoms with Crippen LogP contribution in [0.2, 0.25) is 0 Å². The zero-order valence-corrected chi connectivity index (χ0v) is 16.5. The quantitative estimate of drug-likeness (QED) is 0.463. The molecule has 1 atom stereocenters. The van der Waals surface area contributed by atoms with Crippen molar-refractivity contribution in [2.75, 3.05) is 12.4 Å². The van der Waals surface area contributed by atoms with Crippen LogP contribution >= 0.6 is 0 Å².